The fraction of sp³-hybridized carbons (Fsp3) is 0.314. The maximum Gasteiger partial charge on any atom is 0.297 e. The first-order valence-corrected chi connectivity index (χ1v) is 22.2. The Labute approximate surface area is 321 Å². The van der Waals surface area contributed by atoms with Gasteiger partial charge in [-0.15, -0.1) is 0 Å². The van der Waals surface area contributed by atoms with Crippen LogP contribution < -0.4 is 0 Å². The van der Waals surface area contributed by atoms with E-state index in [1.54, 1.807) is 0 Å². The molecule has 0 saturated carbocycles. The van der Waals surface area contributed by atoms with Crippen molar-refractivity contribution in [3.8, 4) is 23.0 Å². The van der Waals surface area contributed by atoms with Gasteiger partial charge in [0.15, 0.2) is 0 Å². The first-order valence-electron chi connectivity index (χ1n) is 16.5. The van der Waals surface area contributed by atoms with Crippen LogP contribution in [0.1, 0.15) is 28.7 Å². The Morgan fingerprint density at radius 2 is 0.709 bits per heavy atom. The van der Waals surface area contributed by atoms with Gasteiger partial charge in [-0.2, -0.15) is 25.4 Å². The van der Waals surface area contributed by atoms with E-state index in [-0.39, 0.29) is 71.3 Å². The van der Waals surface area contributed by atoms with Crippen molar-refractivity contribution in [1.82, 2.24) is 8.61 Å². The molecule has 20 heteroatoms. The minimum atomic E-state index is -4.49. The highest BCUT2D eigenvalue weighted by atomic mass is 32.2. The number of phenols is 4. The smallest absolute Gasteiger partial charge is 0.297 e. The molecular weight excluding hydrogens is 801 g/mol. The van der Waals surface area contributed by atoms with E-state index in [1.807, 2.05) is 0 Å². The van der Waals surface area contributed by atoms with Gasteiger partial charge in [0, 0.05) is 50.4 Å². The molecule has 0 atom stereocenters. The summed E-state index contributed by atoms with van der Waals surface area (Å²) in [5, 5.41) is 39.9. The van der Waals surface area contributed by atoms with E-state index in [4.69, 9.17) is 8.37 Å². The van der Waals surface area contributed by atoms with Gasteiger partial charge in [-0.3, -0.25) is 8.37 Å². The highest BCUT2D eigenvalue weighted by Gasteiger charge is 2.31. The fourth-order valence-corrected chi connectivity index (χ4v) is 11.2. The molecule has 4 aromatic carbocycles. The number of benzene rings is 4. The van der Waals surface area contributed by atoms with E-state index < -0.39 is 79.7 Å². The topological polar surface area (TPSA) is 242 Å². The van der Waals surface area contributed by atoms with Crippen molar-refractivity contribution in [2.45, 2.75) is 53.7 Å². The lowest BCUT2D eigenvalue weighted by molar-refractivity contribution is 0.258. The second kappa shape index (κ2) is 17.2. The quantitative estimate of drug-likeness (QED) is 0.105. The highest BCUT2D eigenvalue weighted by Crippen LogP contribution is 2.28. The van der Waals surface area contributed by atoms with Gasteiger partial charge in [-0.25, -0.2) is 16.8 Å². The lowest BCUT2D eigenvalue weighted by Gasteiger charge is -2.26. The van der Waals surface area contributed by atoms with Gasteiger partial charge in [0.05, 0.1) is 23.0 Å². The van der Waals surface area contributed by atoms with Crippen LogP contribution in [0.2, 0.25) is 0 Å². The van der Waals surface area contributed by atoms with Crippen LogP contribution in [0.3, 0.4) is 0 Å². The highest BCUT2D eigenvalue weighted by molar-refractivity contribution is 7.89. The zero-order chi connectivity index (χ0) is 40.9. The number of sulfonamides is 2. The van der Waals surface area contributed by atoms with Gasteiger partial charge < -0.3 is 20.4 Å². The Kier molecular flexibility index (Phi) is 13.6. The molecule has 55 heavy (non-hydrogen) atoms. The fourth-order valence-electron chi connectivity index (χ4n) is 5.48. The number of phenolic OH excluding ortho intramolecular Hbond substituents is 4. The molecule has 0 heterocycles. The van der Waals surface area contributed by atoms with Crippen LogP contribution in [0.5, 0.6) is 23.0 Å². The molecule has 0 fully saturated rings. The number of hydrogen-bond acceptors (Lipinski definition) is 14. The Morgan fingerprint density at radius 3 is 1.02 bits per heavy atom. The van der Waals surface area contributed by atoms with Crippen LogP contribution in [-0.2, 0) is 48.6 Å². The summed E-state index contributed by atoms with van der Waals surface area (Å²) in [6, 6.07) is 14.6. The van der Waals surface area contributed by atoms with Crippen LogP contribution >= 0.6 is 0 Å². The first kappa shape index (κ1) is 43.4. The van der Waals surface area contributed by atoms with Crippen LogP contribution in [0.25, 0.3) is 0 Å². The summed E-state index contributed by atoms with van der Waals surface area (Å²) in [5.74, 6) is -1.41. The lowest BCUT2D eigenvalue weighted by Crippen LogP contribution is -2.39. The molecule has 0 amide bonds. The first-order chi connectivity index (χ1) is 25.6. The van der Waals surface area contributed by atoms with Crippen molar-refractivity contribution in [1.29, 1.82) is 0 Å². The minimum Gasteiger partial charge on any atom is -0.508 e. The van der Waals surface area contributed by atoms with E-state index in [2.05, 4.69) is 0 Å². The molecule has 4 aromatic rings. The van der Waals surface area contributed by atoms with Crippen LogP contribution in [0.4, 0.5) is 0 Å². The summed E-state index contributed by atoms with van der Waals surface area (Å²) in [6.45, 7) is 2.57. The maximum atomic E-state index is 14.0. The number of hydrogen-bond donors (Lipinski definition) is 4. The molecule has 0 bridgehead atoms. The predicted molar refractivity (Wildman–Crippen MR) is 200 cm³/mol. The number of aromatic hydroxyl groups is 4. The Balaban J connectivity index is 1.62. The molecule has 0 aliphatic heterocycles. The summed E-state index contributed by atoms with van der Waals surface area (Å²) in [4.78, 5) is -1.28. The minimum absolute atomic E-state index is 0.231. The molecule has 0 radical (unpaired) electrons. The molecule has 16 nitrogen and oxygen atoms in total. The summed E-state index contributed by atoms with van der Waals surface area (Å²) in [5.41, 5.74) is 1.01. The standard InChI is InChI=1S/C35H42N2O14S4/c1-24-6-10-28(38)20-32(24)52(42,43)36(16-18-50-54(46,47)34-22-30(40)12-8-26(34)3)14-5-15-37(53(44,45)33-21-29(39)11-7-25(33)2)17-19-51-55(48,49)35-23-31(41)13-9-27(35)4/h6-13,20-23,38-41H,5,14-19H2,1-4H3. The summed E-state index contributed by atoms with van der Waals surface area (Å²) in [7, 11) is -17.9. The second-order valence-corrected chi connectivity index (χ2v) is 19.5. The number of aryl methyl sites for hydroxylation is 4. The SMILES string of the molecule is Cc1ccc(O)cc1S(=O)(=O)OCCN(CCCN(CCOS(=O)(=O)c1cc(O)ccc1C)S(=O)(=O)c1cc(O)ccc1C)S(=O)(=O)c1cc(O)ccc1C. The lowest BCUT2D eigenvalue weighted by atomic mass is 10.2. The van der Waals surface area contributed by atoms with Crippen molar-refractivity contribution in [2.75, 3.05) is 39.4 Å². The largest absolute Gasteiger partial charge is 0.508 e. The van der Waals surface area contributed by atoms with Crippen LogP contribution in [-0.4, -0.2) is 102 Å². The van der Waals surface area contributed by atoms with Crippen molar-refractivity contribution >= 4 is 40.3 Å². The zero-order valence-corrected chi connectivity index (χ0v) is 33.5. The average molecular weight is 843 g/mol. The molecule has 0 saturated heterocycles. The zero-order valence-electron chi connectivity index (χ0n) is 30.3. The van der Waals surface area contributed by atoms with E-state index in [0.717, 1.165) is 32.9 Å². The summed E-state index contributed by atoms with van der Waals surface area (Å²) in [6.07, 6.45) is -0.231. The third-order valence-electron chi connectivity index (χ3n) is 8.43. The molecule has 4 N–H and O–H groups in total. The van der Waals surface area contributed by atoms with Gasteiger partial charge >= 0.3 is 0 Å². The predicted octanol–water partition coefficient (Wildman–Crippen LogP) is 3.63. The van der Waals surface area contributed by atoms with Gasteiger partial charge in [0.25, 0.3) is 20.2 Å². The molecule has 300 valence electrons. The van der Waals surface area contributed by atoms with Crippen molar-refractivity contribution < 1.29 is 62.5 Å². The third kappa shape index (κ3) is 10.5. The summed E-state index contributed by atoms with van der Waals surface area (Å²) >= 11 is 0. The van der Waals surface area contributed by atoms with Crippen LogP contribution in [0.15, 0.2) is 92.4 Å². The van der Waals surface area contributed by atoms with E-state index in [0.29, 0.717) is 0 Å². The Bertz CT molecular complexity index is 2320. The van der Waals surface area contributed by atoms with Crippen molar-refractivity contribution in [3.05, 3.63) is 95.1 Å². The van der Waals surface area contributed by atoms with E-state index in [1.165, 1.54) is 76.2 Å². The van der Waals surface area contributed by atoms with E-state index >= 15 is 0 Å². The number of nitrogens with zero attached hydrogens (tertiary/aromatic N) is 2. The average Bonchev–Trinajstić information content (AvgIpc) is 3.10. The summed E-state index contributed by atoms with van der Waals surface area (Å²) < 4.78 is 120. The molecule has 0 unspecified atom stereocenters. The monoisotopic (exact) mass is 842 g/mol. The molecule has 0 aliphatic carbocycles. The van der Waals surface area contributed by atoms with Gasteiger partial charge in [-0.1, -0.05) is 24.3 Å². The van der Waals surface area contributed by atoms with Crippen LogP contribution in [0, 0.1) is 27.7 Å². The number of rotatable bonds is 18. The molecular formula is C35H42N2O14S4. The van der Waals surface area contributed by atoms with E-state index in [9.17, 15) is 54.1 Å². The van der Waals surface area contributed by atoms with Gasteiger partial charge in [0.1, 0.15) is 32.8 Å². The Morgan fingerprint density at radius 1 is 0.436 bits per heavy atom. The molecule has 0 aliphatic rings. The molecule has 0 aromatic heterocycles. The van der Waals surface area contributed by atoms with Crippen molar-refractivity contribution in [3.63, 3.8) is 0 Å². The van der Waals surface area contributed by atoms with Gasteiger partial charge in [-0.05, 0) is 80.6 Å². The normalized spacial score (nSPS) is 12.8. The van der Waals surface area contributed by atoms with Gasteiger partial charge in [0.2, 0.25) is 20.0 Å². The molecule has 0 spiro atoms. The maximum absolute atomic E-state index is 14.0. The Hall–Kier alpha value is -4.28. The third-order valence-corrected chi connectivity index (χ3v) is 15.4. The second-order valence-electron chi connectivity index (χ2n) is 12.5. The molecule has 4 rings (SSSR count). The van der Waals surface area contributed by atoms with Crippen molar-refractivity contribution in [2.24, 2.45) is 0 Å².